The van der Waals surface area contributed by atoms with Crippen LogP contribution in [-0.2, 0) is 31.8 Å². The molecular formula is C22H30N2O4S. The third-order valence-corrected chi connectivity index (χ3v) is 8.16. The Morgan fingerprint density at radius 2 is 2.00 bits per heavy atom. The monoisotopic (exact) mass is 418 g/mol. The van der Waals surface area contributed by atoms with Gasteiger partial charge >= 0.3 is 0 Å². The predicted octanol–water partition coefficient (Wildman–Crippen LogP) is 2.71. The zero-order chi connectivity index (χ0) is 21.0. The largest absolute Gasteiger partial charge is 0.282 e. The lowest BCUT2D eigenvalue weighted by Crippen LogP contribution is -2.59. The van der Waals surface area contributed by atoms with E-state index in [0.717, 1.165) is 37.7 Å². The highest BCUT2D eigenvalue weighted by Gasteiger charge is 2.57. The minimum atomic E-state index is -3.55. The SMILES string of the molecule is CCCN1C(=O)CC2C3CCc4cc(CS(N)(=O)=O)ccc4C3CC[C@]2(C)C1=O. The van der Waals surface area contributed by atoms with Gasteiger partial charge < -0.3 is 0 Å². The van der Waals surface area contributed by atoms with Crippen molar-refractivity contribution in [2.45, 2.75) is 64.0 Å². The minimum Gasteiger partial charge on any atom is -0.282 e. The van der Waals surface area contributed by atoms with Crippen LogP contribution in [0.2, 0.25) is 0 Å². The van der Waals surface area contributed by atoms with Crippen LogP contribution in [-0.4, -0.2) is 31.7 Å². The molecule has 1 aliphatic heterocycles. The number of hydrogen-bond acceptors (Lipinski definition) is 4. The lowest BCUT2D eigenvalue weighted by Gasteiger charge is -2.54. The summed E-state index contributed by atoms with van der Waals surface area (Å²) in [6.45, 7) is 4.58. The van der Waals surface area contributed by atoms with Crippen molar-refractivity contribution in [3.63, 3.8) is 0 Å². The summed E-state index contributed by atoms with van der Waals surface area (Å²) in [6, 6.07) is 5.88. The molecule has 2 amide bonds. The molecule has 29 heavy (non-hydrogen) atoms. The second-order valence-electron chi connectivity index (χ2n) is 9.27. The smallest absolute Gasteiger partial charge is 0.235 e. The van der Waals surface area contributed by atoms with Gasteiger partial charge in [-0.05, 0) is 66.5 Å². The van der Waals surface area contributed by atoms with Crippen molar-refractivity contribution in [2.24, 2.45) is 22.4 Å². The lowest BCUT2D eigenvalue weighted by molar-refractivity contribution is -0.167. The molecule has 0 bridgehead atoms. The minimum absolute atomic E-state index is 0.0192. The summed E-state index contributed by atoms with van der Waals surface area (Å²) < 4.78 is 22.9. The quantitative estimate of drug-likeness (QED) is 0.760. The third-order valence-electron chi connectivity index (χ3n) is 7.42. The summed E-state index contributed by atoms with van der Waals surface area (Å²) in [6.07, 6.45) is 4.76. The average molecular weight is 419 g/mol. The van der Waals surface area contributed by atoms with Gasteiger partial charge in [-0.15, -0.1) is 0 Å². The summed E-state index contributed by atoms with van der Waals surface area (Å²) in [7, 11) is -3.55. The molecule has 6 nitrogen and oxygen atoms in total. The van der Waals surface area contributed by atoms with Crippen molar-refractivity contribution in [3.8, 4) is 0 Å². The molecule has 1 aromatic carbocycles. The summed E-state index contributed by atoms with van der Waals surface area (Å²) in [5.41, 5.74) is 2.73. The number of carbonyl (C=O) groups excluding carboxylic acids is 2. The molecule has 2 N–H and O–H groups in total. The van der Waals surface area contributed by atoms with E-state index in [1.807, 2.05) is 25.1 Å². The van der Waals surface area contributed by atoms with E-state index in [9.17, 15) is 18.0 Å². The number of benzene rings is 1. The van der Waals surface area contributed by atoms with Crippen LogP contribution in [0.5, 0.6) is 0 Å². The molecule has 7 heteroatoms. The first-order chi connectivity index (χ1) is 13.6. The Bertz CT molecular complexity index is 958. The van der Waals surface area contributed by atoms with Gasteiger partial charge in [0.15, 0.2) is 0 Å². The number of nitrogens with zero attached hydrogens (tertiary/aromatic N) is 1. The fraction of sp³-hybridized carbons (Fsp3) is 0.636. The number of amides is 2. The second kappa shape index (κ2) is 7.20. The van der Waals surface area contributed by atoms with Crippen LogP contribution in [0.4, 0.5) is 0 Å². The molecule has 158 valence electrons. The van der Waals surface area contributed by atoms with Gasteiger partial charge in [-0.25, -0.2) is 13.6 Å². The lowest BCUT2D eigenvalue weighted by atomic mass is 9.52. The number of rotatable bonds is 4. The Labute approximate surface area is 172 Å². The molecule has 2 fully saturated rings. The Morgan fingerprint density at radius 3 is 2.69 bits per heavy atom. The first-order valence-corrected chi connectivity index (χ1v) is 12.3. The predicted molar refractivity (Wildman–Crippen MR) is 110 cm³/mol. The summed E-state index contributed by atoms with van der Waals surface area (Å²) in [5.74, 6) is 0.598. The first-order valence-electron chi connectivity index (χ1n) is 10.6. The Kier molecular flexibility index (Phi) is 5.10. The van der Waals surface area contributed by atoms with Gasteiger partial charge in [0.1, 0.15) is 0 Å². The standard InChI is InChI=1S/C22H30N2O4S/c1-3-10-24-20(25)12-19-18-7-5-15-11-14(13-29(23,27)28)4-6-16(15)17(18)8-9-22(19,2)21(24)26/h4,6,11,17-19H,3,5,7-10,12-13H2,1-2H3,(H2,23,27,28)/t17?,18?,19?,22-/m0/s1. The van der Waals surface area contributed by atoms with E-state index < -0.39 is 15.4 Å². The fourth-order valence-corrected chi connectivity index (χ4v) is 6.73. The Balaban J connectivity index is 1.63. The molecule has 0 spiro atoms. The molecule has 2 aliphatic carbocycles. The second-order valence-corrected chi connectivity index (χ2v) is 10.9. The van der Waals surface area contributed by atoms with Crippen molar-refractivity contribution in [2.75, 3.05) is 6.54 Å². The third kappa shape index (κ3) is 3.52. The number of likely N-dealkylation sites (tertiary alicyclic amines) is 1. The van der Waals surface area contributed by atoms with Crippen molar-refractivity contribution >= 4 is 21.8 Å². The highest BCUT2D eigenvalue weighted by atomic mass is 32.2. The molecule has 3 aliphatic rings. The number of imide groups is 1. The van der Waals surface area contributed by atoms with E-state index in [1.54, 1.807) is 0 Å². The van der Waals surface area contributed by atoms with Gasteiger partial charge in [0, 0.05) is 13.0 Å². The van der Waals surface area contributed by atoms with Crippen LogP contribution in [0.25, 0.3) is 0 Å². The van der Waals surface area contributed by atoms with Crippen molar-refractivity contribution in [1.82, 2.24) is 4.90 Å². The summed E-state index contributed by atoms with van der Waals surface area (Å²) in [4.78, 5) is 27.4. The molecule has 0 radical (unpaired) electrons. The topological polar surface area (TPSA) is 97.5 Å². The van der Waals surface area contributed by atoms with E-state index in [1.165, 1.54) is 16.0 Å². The molecule has 1 heterocycles. The van der Waals surface area contributed by atoms with Gasteiger partial charge in [-0.2, -0.15) is 0 Å². The average Bonchev–Trinajstić information content (AvgIpc) is 2.65. The number of piperidine rings is 1. The molecule has 1 aromatic rings. The maximum Gasteiger partial charge on any atom is 0.235 e. The normalized spacial score (nSPS) is 31.8. The summed E-state index contributed by atoms with van der Waals surface area (Å²) in [5, 5.41) is 5.20. The fourth-order valence-electron chi connectivity index (χ4n) is 6.09. The molecule has 4 rings (SSSR count). The number of carbonyl (C=O) groups is 2. The highest BCUT2D eigenvalue weighted by Crippen LogP contribution is 2.57. The van der Waals surface area contributed by atoms with Crippen LogP contribution in [0, 0.1) is 17.3 Å². The molecule has 4 atom stereocenters. The van der Waals surface area contributed by atoms with E-state index in [4.69, 9.17) is 5.14 Å². The molecule has 3 unspecified atom stereocenters. The van der Waals surface area contributed by atoms with Crippen molar-refractivity contribution < 1.29 is 18.0 Å². The number of hydrogen-bond donors (Lipinski definition) is 1. The highest BCUT2D eigenvalue weighted by molar-refractivity contribution is 7.88. The Hall–Kier alpha value is -1.73. The van der Waals surface area contributed by atoms with Gasteiger partial charge in [0.05, 0.1) is 11.2 Å². The number of nitrogens with two attached hydrogens (primary N) is 1. The van der Waals surface area contributed by atoms with Crippen LogP contribution < -0.4 is 5.14 Å². The van der Waals surface area contributed by atoms with Crippen LogP contribution in [0.1, 0.15) is 68.6 Å². The molecule has 1 saturated heterocycles. The zero-order valence-corrected chi connectivity index (χ0v) is 18.0. The number of primary sulfonamides is 1. The van der Waals surface area contributed by atoms with Gasteiger partial charge in [0.2, 0.25) is 21.8 Å². The molecule has 1 saturated carbocycles. The molecule has 0 aromatic heterocycles. The van der Waals surface area contributed by atoms with Crippen molar-refractivity contribution in [1.29, 1.82) is 0 Å². The van der Waals surface area contributed by atoms with Gasteiger partial charge in [-0.1, -0.05) is 32.0 Å². The maximum absolute atomic E-state index is 13.2. The van der Waals surface area contributed by atoms with Crippen LogP contribution in [0.15, 0.2) is 18.2 Å². The number of aryl methyl sites for hydroxylation is 1. The van der Waals surface area contributed by atoms with E-state index in [0.29, 0.717) is 24.8 Å². The Morgan fingerprint density at radius 1 is 1.24 bits per heavy atom. The van der Waals surface area contributed by atoms with E-state index in [-0.39, 0.29) is 23.5 Å². The van der Waals surface area contributed by atoms with E-state index in [2.05, 4.69) is 6.92 Å². The van der Waals surface area contributed by atoms with Crippen LogP contribution >= 0.6 is 0 Å². The first kappa shape index (κ1) is 20.5. The van der Waals surface area contributed by atoms with Crippen LogP contribution in [0.3, 0.4) is 0 Å². The van der Waals surface area contributed by atoms with E-state index >= 15 is 0 Å². The van der Waals surface area contributed by atoms with Gasteiger partial charge in [-0.3, -0.25) is 14.5 Å². The zero-order valence-electron chi connectivity index (χ0n) is 17.2. The van der Waals surface area contributed by atoms with Gasteiger partial charge in [0.25, 0.3) is 0 Å². The number of sulfonamides is 1. The summed E-state index contributed by atoms with van der Waals surface area (Å²) >= 11 is 0. The maximum atomic E-state index is 13.2. The van der Waals surface area contributed by atoms with Crippen molar-refractivity contribution in [3.05, 3.63) is 34.9 Å². The molecular weight excluding hydrogens is 388 g/mol. The number of fused-ring (bicyclic) bond motifs is 5.